The van der Waals surface area contributed by atoms with Gasteiger partial charge in [-0.15, -0.1) is 0 Å². The lowest BCUT2D eigenvalue weighted by molar-refractivity contribution is -0.376. The Labute approximate surface area is 292 Å². The number of esters is 6. The number of rotatable bonds is 5. The van der Waals surface area contributed by atoms with Gasteiger partial charge in [0.25, 0.3) is 0 Å². The van der Waals surface area contributed by atoms with Gasteiger partial charge >= 0.3 is 35.8 Å². The Bertz CT molecular complexity index is 1670. The number of Topliss-reactive ketones (excluding diaryl/α,β-unsaturated/α-hetero) is 1. The third kappa shape index (κ3) is 5.56. The molecule has 1 aromatic rings. The zero-order chi connectivity index (χ0) is 38.0. The molecule has 51 heavy (non-hydrogen) atoms. The Kier molecular flexibility index (Phi) is 9.58. The summed E-state index contributed by atoms with van der Waals surface area (Å²) < 4.78 is 40.8. The van der Waals surface area contributed by atoms with Gasteiger partial charge in [0.1, 0.15) is 35.4 Å². The van der Waals surface area contributed by atoms with Gasteiger partial charge < -0.3 is 43.4 Å². The topological polar surface area (TPSA) is 237 Å². The molecule has 1 saturated heterocycles. The number of hydrogen-bond acceptors (Lipinski definition) is 17. The van der Waals surface area contributed by atoms with Crippen LogP contribution in [0.1, 0.15) is 77.4 Å². The second kappa shape index (κ2) is 12.9. The number of aliphatic hydroxyl groups is 2. The van der Waals surface area contributed by atoms with Crippen LogP contribution < -0.4 is 0 Å². The molecule has 17 nitrogen and oxygen atoms in total. The molecule has 4 aliphatic rings. The lowest BCUT2D eigenvalue weighted by Crippen LogP contribution is -2.88. The molecule has 0 radical (unpaired) electrons. The average molecular weight is 720 g/mol. The van der Waals surface area contributed by atoms with E-state index < -0.39 is 125 Å². The van der Waals surface area contributed by atoms with Gasteiger partial charge in [0.15, 0.2) is 30.2 Å². The zero-order valence-electron chi connectivity index (χ0n) is 29.3. The smallest absolute Gasteiger partial charge is 0.340 e. The maximum absolute atomic E-state index is 14.7. The van der Waals surface area contributed by atoms with Gasteiger partial charge in [-0.1, -0.05) is 13.8 Å². The fraction of sp³-hybridized carbons (Fsp3) is 0.647. The number of carbonyl (C=O) groups excluding carboxylic acids is 7. The number of fused-ring (bicyclic) bond motifs is 5. The molecule has 4 bridgehead atoms. The molecule has 0 amide bonds. The number of pyridine rings is 1. The Balaban J connectivity index is 1.91. The van der Waals surface area contributed by atoms with E-state index >= 15 is 0 Å². The molecule has 1 aromatic heterocycles. The van der Waals surface area contributed by atoms with Gasteiger partial charge in [0.2, 0.25) is 0 Å². The van der Waals surface area contributed by atoms with Crippen LogP contribution in [-0.4, -0.2) is 117 Å². The molecule has 2 saturated carbocycles. The van der Waals surface area contributed by atoms with E-state index in [0.29, 0.717) is 0 Å². The lowest BCUT2D eigenvalue weighted by Gasteiger charge is -2.66. The summed E-state index contributed by atoms with van der Waals surface area (Å²) in [7, 11) is 0. The van der Waals surface area contributed by atoms with Crippen LogP contribution in [0.25, 0.3) is 0 Å². The van der Waals surface area contributed by atoms with Crippen LogP contribution in [0.15, 0.2) is 18.3 Å². The predicted octanol–water partition coefficient (Wildman–Crippen LogP) is 0.100. The summed E-state index contributed by atoms with van der Waals surface area (Å²) in [5, 5.41) is 25.3. The first-order valence-corrected chi connectivity index (χ1v) is 16.3. The van der Waals surface area contributed by atoms with Crippen LogP contribution in [0.4, 0.5) is 0 Å². The minimum atomic E-state index is -2.78. The zero-order valence-corrected chi connectivity index (χ0v) is 29.3. The Morgan fingerprint density at radius 2 is 1.57 bits per heavy atom. The van der Waals surface area contributed by atoms with Crippen molar-refractivity contribution >= 4 is 41.6 Å². The summed E-state index contributed by atoms with van der Waals surface area (Å²) in [5.74, 6) is -10.8. The monoisotopic (exact) mass is 719 g/mol. The molecule has 17 heteroatoms. The number of ether oxygens (including phenoxy) is 7. The van der Waals surface area contributed by atoms with Crippen LogP contribution in [0.3, 0.4) is 0 Å². The highest BCUT2D eigenvalue weighted by molar-refractivity contribution is 5.94. The van der Waals surface area contributed by atoms with E-state index in [1.165, 1.54) is 32.2 Å². The highest BCUT2D eigenvalue weighted by Gasteiger charge is 2.90. The van der Waals surface area contributed by atoms with Crippen molar-refractivity contribution in [2.45, 2.75) is 109 Å². The number of cyclic esters (lactones) is 1. The van der Waals surface area contributed by atoms with Crippen molar-refractivity contribution in [2.75, 3.05) is 13.2 Å². The molecular formula is C34H41NO16. The number of carbonyl (C=O) groups is 7. The number of aliphatic hydroxyl groups excluding tert-OH is 1. The number of nitrogens with zero attached hydrogens (tertiary/aromatic N) is 1. The van der Waals surface area contributed by atoms with Crippen LogP contribution in [-0.2, 0) is 61.9 Å². The molecule has 2 aliphatic carbocycles. The molecule has 3 heterocycles. The Morgan fingerprint density at radius 3 is 2.16 bits per heavy atom. The molecule has 5 rings (SSSR count). The van der Waals surface area contributed by atoms with E-state index in [1.807, 2.05) is 0 Å². The predicted molar refractivity (Wildman–Crippen MR) is 165 cm³/mol. The second-order valence-corrected chi connectivity index (χ2v) is 14.0. The minimum absolute atomic E-state index is 0.0294. The normalized spacial score (nSPS) is 40.2. The number of ketones is 1. The molecular weight excluding hydrogens is 678 g/mol. The average Bonchev–Trinajstić information content (AvgIpc) is 3.25. The van der Waals surface area contributed by atoms with Gasteiger partial charge in [0, 0.05) is 39.8 Å². The Morgan fingerprint density at radius 1 is 0.941 bits per heavy atom. The molecule has 2 aliphatic heterocycles. The highest BCUT2D eigenvalue weighted by atomic mass is 16.7. The SMILES string of the molecule is CC(=O)OC[C@]12[C@H](OC(C)=O)C(=O)[C@H]3[C@@H](O)[C@@]14O[C@]3(C)COC(=O)c1cccnc1[C@H](C)[C@H](C)C(=O)O[C@@H]([C@H](OC(C)=O)[C@@H]2OC(C)=O)[C@]4(C)O. The standard InChI is InChI=1S/C34H41NO16/c1-14-15(2)29(42)50-27-24(47-17(4)37)28(49-19(6)39)33(13-45-16(3)36)26(48-18(5)38)23(40)21-25(41)34(33,32(27,8)44)51-31(21,7)12-46-30(43)20-10-9-11-35-22(14)20/h9-11,14-15,21,24-28,41,44H,12-13H2,1-8H3/t14-,15+,21+,24+,25-,26-,27+,28+,31-,32+,33-,34+/m1/s1. The summed E-state index contributed by atoms with van der Waals surface area (Å²) in [6, 6.07) is 2.89. The van der Waals surface area contributed by atoms with Gasteiger partial charge in [-0.3, -0.25) is 33.8 Å². The van der Waals surface area contributed by atoms with Crippen LogP contribution in [0, 0.1) is 17.3 Å². The van der Waals surface area contributed by atoms with Crippen LogP contribution >= 0.6 is 0 Å². The highest BCUT2D eigenvalue weighted by Crippen LogP contribution is 2.68. The van der Waals surface area contributed by atoms with Gasteiger partial charge in [0.05, 0.1) is 29.2 Å². The molecule has 12 atom stereocenters. The fourth-order valence-corrected chi connectivity index (χ4v) is 8.41. The van der Waals surface area contributed by atoms with E-state index in [-0.39, 0.29) is 11.3 Å². The van der Waals surface area contributed by atoms with Crippen molar-refractivity contribution in [1.82, 2.24) is 4.98 Å². The molecule has 0 unspecified atom stereocenters. The number of hydrogen-bond donors (Lipinski definition) is 2. The summed E-state index contributed by atoms with van der Waals surface area (Å²) in [6.07, 6.45) is -9.04. The van der Waals surface area contributed by atoms with Crippen molar-refractivity contribution in [3.8, 4) is 0 Å². The van der Waals surface area contributed by atoms with Crippen molar-refractivity contribution in [1.29, 1.82) is 0 Å². The van der Waals surface area contributed by atoms with E-state index in [4.69, 9.17) is 33.2 Å². The summed E-state index contributed by atoms with van der Waals surface area (Å²) in [6.45, 7) is 7.48. The van der Waals surface area contributed by atoms with Crippen LogP contribution in [0.5, 0.6) is 0 Å². The van der Waals surface area contributed by atoms with Gasteiger partial charge in [-0.25, -0.2) is 4.79 Å². The lowest BCUT2D eigenvalue weighted by atomic mass is 9.45. The maximum Gasteiger partial charge on any atom is 0.340 e. The van der Waals surface area contributed by atoms with Crippen molar-refractivity contribution in [3.05, 3.63) is 29.6 Å². The summed E-state index contributed by atoms with van der Waals surface area (Å²) in [4.78, 5) is 97.6. The first kappa shape index (κ1) is 37.8. The van der Waals surface area contributed by atoms with Gasteiger partial charge in [-0.05, 0) is 26.0 Å². The van der Waals surface area contributed by atoms with E-state index in [1.54, 1.807) is 6.92 Å². The molecule has 3 fully saturated rings. The summed E-state index contributed by atoms with van der Waals surface area (Å²) in [5.41, 5.74) is -10.1. The quantitative estimate of drug-likeness (QED) is 0.303. The summed E-state index contributed by atoms with van der Waals surface area (Å²) >= 11 is 0. The van der Waals surface area contributed by atoms with Crippen molar-refractivity contribution in [3.63, 3.8) is 0 Å². The second-order valence-electron chi connectivity index (χ2n) is 14.0. The van der Waals surface area contributed by atoms with E-state index in [2.05, 4.69) is 4.98 Å². The third-order valence-electron chi connectivity index (χ3n) is 10.7. The van der Waals surface area contributed by atoms with Crippen molar-refractivity contribution in [2.24, 2.45) is 17.3 Å². The first-order chi connectivity index (χ1) is 23.7. The van der Waals surface area contributed by atoms with E-state index in [9.17, 15) is 43.8 Å². The van der Waals surface area contributed by atoms with Crippen LogP contribution in [0.2, 0.25) is 0 Å². The fourth-order valence-electron chi connectivity index (χ4n) is 8.41. The molecule has 0 aromatic carbocycles. The minimum Gasteiger partial charge on any atom is -0.465 e. The largest absolute Gasteiger partial charge is 0.465 e. The molecule has 1 spiro atoms. The molecule has 278 valence electrons. The van der Waals surface area contributed by atoms with E-state index in [0.717, 1.165) is 34.6 Å². The number of aromatic nitrogens is 1. The Hall–Kier alpha value is -4.48. The third-order valence-corrected chi connectivity index (χ3v) is 10.7. The van der Waals surface area contributed by atoms with Crippen molar-refractivity contribution < 1.29 is 76.9 Å². The first-order valence-electron chi connectivity index (χ1n) is 16.3. The molecule has 2 N–H and O–H groups in total. The maximum atomic E-state index is 14.7. The van der Waals surface area contributed by atoms with Gasteiger partial charge in [-0.2, -0.15) is 0 Å².